The van der Waals surface area contributed by atoms with Gasteiger partial charge in [-0.15, -0.1) is 0 Å². The second kappa shape index (κ2) is 6.43. The predicted octanol–water partition coefficient (Wildman–Crippen LogP) is 0.698. The lowest BCUT2D eigenvalue weighted by Crippen LogP contribution is -2.48. The van der Waals surface area contributed by atoms with Crippen LogP contribution in [0.15, 0.2) is 24.3 Å². The first-order valence-electron chi connectivity index (χ1n) is 6.55. The molecule has 1 fully saturated rings. The van der Waals surface area contributed by atoms with Crippen molar-refractivity contribution in [3.8, 4) is 5.75 Å². The number of anilines is 1. The minimum atomic E-state index is -3.33. The molecule has 0 spiro atoms. The standard InChI is InChI=1S/C13H20N2O4S/c1-11-10-18-7-6-15(11)20(16,17)9-8-19-13-5-3-2-4-12(13)14/h2-5,11H,6-10,14H2,1H3/t11-/m1/s1. The van der Waals surface area contributed by atoms with E-state index in [1.807, 2.05) is 6.92 Å². The topological polar surface area (TPSA) is 81.9 Å². The minimum Gasteiger partial charge on any atom is -0.490 e. The van der Waals surface area contributed by atoms with E-state index >= 15 is 0 Å². The number of morpholine rings is 1. The van der Waals surface area contributed by atoms with Gasteiger partial charge in [-0.2, -0.15) is 4.31 Å². The van der Waals surface area contributed by atoms with Crippen molar-refractivity contribution in [1.29, 1.82) is 0 Å². The van der Waals surface area contributed by atoms with Gasteiger partial charge in [0.2, 0.25) is 10.0 Å². The molecule has 0 aromatic heterocycles. The average molecular weight is 300 g/mol. The summed E-state index contributed by atoms with van der Waals surface area (Å²) in [5.74, 6) is 0.448. The van der Waals surface area contributed by atoms with E-state index < -0.39 is 10.0 Å². The third kappa shape index (κ3) is 3.62. The maximum Gasteiger partial charge on any atom is 0.217 e. The van der Waals surface area contributed by atoms with Crippen LogP contribution in [0.2, 0.25) is 0 Å². The van der Waals surface area contributed by atoms with Crippen LogP contribution in [0.1, 0.15) is 6.92 Å². The van der Waals surface area contributed by atoms with Gasteiger partial charge < -0.3 is 15.2 Å². The van der Waals surface area contributed by atoms with Crippen LogP contribution in [-0.2, 0) is 14.8 Å². The number of benzene rings is 1. The Labute approximate surface area is 119 Å². The van der Waals surface area contributed by atoms with Crippen molar-refractivity contribution >= 4 is 15.7 Å². The normalized spacial score (nSPS) is 20.8. The van der Waals surface area contributed by atoms with Crippen LogP contribution in [0, 0.1) is 0 Å². The van der Waals surface area contributed by atoms with Gasteiger partial charge in [0.25, 0.3) is 0 Å². The molecule has 112 valence electrons. The van der Waals surface area contributed by atoms with Gasteiger partial charge >= 0.3 is 0 Å². The number of ether oxygens (including phenoxy) is 2. The summed E-state index contributed by atoms with van der Waals surface area (Å²) in [6.07, 6.45) is 0. The lowest BCUT2D eigenvalue weighted by molar-refractivity contribution is 0.0391. The van der Waals surface area contributed by atoms with Crippen LogP contribution >= 0.6 is 0 Å². The summed E-state index contributed by atoms with van der Waals surface area (Å²) < 4.78 is 36.6. The molecule has 1 saturated heterocycles. The molecule has 2 N–H and O–H groups in total. The van der Waals surface area contributed by atoms with E-state index in [-0.39, 0.29) is 18.4 Å². The Bertz CT molecular complexity index is 547. The molecule has 1 aliphatic heterocycles. The number of rotatable bonds is 5. The van der Waals surface area contributed by atoms with E-state index in [4.69, 9.17) is 15.2 Å². The molecular weight excluding hydrogens is 280 g/mol. The minimum absolute atomic E-state index is 0.0638. The average Bonchev–Trinajstić information content (AvgIpc) is 2.41. The number of para-hydroxylation sites is 2. The molecule has 1 aromatic rings. The molecule has 0 bridgehead atoms. The van der Waals surface area contributed by atoms with Gasteiger partial charge in [-0.3, -0.25) is 0 Å². The molecule has 6 nitrogen and oxygen atoms in total. The number of nitrogens with two attached hydrogens (primary N) is 1. The van der Waals surface area contributed by atoms with E-state index in [1.165, 1.54) is 4.31 Å². The quantitative estimate of drug-likeness (QED) is 0.809. The summed E-state index contributed by atoms with van der Waals surface area (Å²) in [5, 5.41) is 0. The zero-order valence-electron chi connectivity index (χ0n) is 11.5. The fourth-order valence-electron chi connectivity index (χ4n) is 2.11. The van der Waals surface area contributed by atoms with Gasteiger partial charge in [0.15, 0.2) is 0 Å². The van der Waals surface area contributed by atoms with Crippen molar-refractivity contribution in [3.05, 3.63) is 24.3 Å². The summed E-state index contributed by atoms with van der Waals surface area (Å²) in [4.78, 5) is 0. The molecule has 0 radical (unpaired) electrons. The van der Waals surface area contributed by atoms with Crippen LogP contribution in [0.3, 0.4) is 0 Å². The Balaban J connectivity index is 1.91. The van der Waals surface area contributed by atoms with Crippen LogP contribution in [-0.4, -0.2) is 50.9 Å². The Morgan fingerprint density at radius 2 is 2.20 bits per heavy atom. The van der Waals surface area contributed by atoms with Gasteiger partial charge in [-0.25, -0.2) is 8.42 Å². The third-order valence-corrected chi connectivity index (χ3v) is 5.12. The zero-order valence-corrected chi connectivity index (χ0v) is 12.3. The lowest BCUT2D eigenvalue weighted by Gasteiger charge is -2.32. The van der Waals surface area contributed by atoms with Gasteiger partial charge in [0.05, 0.1) is 24.7 Å². The maximum absolute atomic E-state index is 12.2. The van der Waals surface area contributed by atoms with E-state index in [0.29, 0.717) is 31.2 Å². The Morgan fingerprint density at radius 1 is 1.45 bits per heavy atom. The summed E-state index contributed by atoms with van der Waals surface area (Å²) in [6, 6.07) is 6.90. The van der Waals surface area contributed by atoms with Gasteiger partial charge in [0.1, 0.15) is 12.4 Å². The summed E-state index contributed by atoms with van der Waals surface area (Å²) >= 11 is 0. The summed E-state index contributed by atoms with van der Waals surface area (Å²) in [6.45, 7) is 3.20. The van der Waals surface area contributed by atoms with Crippen molar-refractivity contribution in [2.75, 3.05) is 37.9 Å². The molecule has 7 heteroatoms. The van der Waals surface area contributed by atoms with Crippen molar-refractivity contribution < 1.29 is 17.9 Å². The summed E-state index contributed by atoms with van der Waals surface area (Å²) in [7, 11) is -3.33. The first-order chi connectivity index (χ1) is 9.50. The number of nitrogens with zero attached hydrogens (tertiary/aromatic N) is 1. The van der Waals surface area contributed by atoms with E-state index in [0.717, 1.165) is 0 Å². The van der Waals surface area contributed by atoms with Crippen molar-refractivity contribution in [1.82, 2.24) is 4.31 Å². The second-order valence-corrected chi connectivity index (χ2v) is 6.78. The monoisotopic (exact) mass is 300 g/mol. The highest BCUT2D eigenvalue weighted by atomic mass is 32.2. The SMILES string of the molecule is C[C@@H]1COCCN1S(=O)(=O)CCOc1ccccc1N. The molecule has 0 amide bonds. The van der Waals surface area contributed by atoms with Crippen molar-refractivity contribution in [2.24, 2.45) is 0 Å². The van der Waals surface area contributed by atoms with Crippen LogP contribution < -0.4 is 10.5 Å². The molecule has 1 atom stereocenters. The second-order valence-electron chi connectivity index (χ2n) is 4.74. The molecule has 1 heterocycles. The van der Waals surface area contributed by atoms with Crippen LogP contribution in [0.4, 0.5) is 5.69 Å². The highest BCUT2D eigenvalue weighted by molar-refractivity contribution is 7.89. The molecule has 0 aliphatic carbocycles. The molecule has 1 aromatic carbocycles. The largest absolute Gasteiger partial charge is 0.490 e. The van der Waals surface area contributed by atoms with Gasteiger partial charge in [-0.1, -0.05) is 12.1 Å². The molecular formula is C13H20N2O4S. The van der Waals surface area contributed by atoms with Crippen molar-refractivity contribution in [2.45, 2.75) is 13.0 Å². The number of nitrogen functional groups attached to an aromatic ring is 1. The fourth-order valence-corrected chi connectivity index (χ4v) is 3.60. The third-order valence-electron chi connectivity index (χ3n) is 3.18. The highest BCUT2D eigenvalue weighted by Gasteiger charge is 2.29. The molecule has 0 saturated carbocycles. The first kappa shape index (κ1) is 15.1. The number of sulfonamides is 1. The van der Waals surface area contributed by atoms with Gasteiger partial charge in [0, 0.05) is 12.6 Å². The molecule has 20 heavy (non-hydrogen) atoms. The molecule has 0 unspecified atom stereocenters. The van der Waals surface area contributed by atoms with E-state index in [2.05, 4.69) is 0 Å². The molecule has 2 rings (SSSR count). The molecule has 1 aliphatic rings. The smallest absolute Gasteiger partial charge is 0.217 e. The summed E-state index contributed by atoms with van der Waals surface area (Å²) in [5.41, 5.74) is 6.24. The maximum atomic E-state index is 12.2. The fraction of sp³-hybridized carbons (Fsp3) is 0.538. The number of hydrogen-bond donors (Lipinski definition) is 1. The first-order valence-corrected chi connectivity index (χ1v) is 8.16. The zero-order chi connectivity index (χ0) is 14.6. The highest BCUT2D eigenvalue weighted by Crippen LogP contribution is 2.20. The van der Waals surface area contributed by atoms with Crippen LogP contribution in [0.5, 0.6) is 5.75 Å². The Hall–Kier alpha value is -1.31. The van der Waals surface area contributed by atoms with E-state index in [1.54, 1.807) is 24.3 Å². The number of hydrogen-bond acceptors (Lipinski definition) is 5. The van der Waals surface area contributed by atoms with E-state index in [9.17, 15) is 8.42 Å². The lowest BCUT2D eigenvalue weighted by atomic mass is 10.3. The van der Waals surface area contributed by atoms with Crippen LogP contribution in [0.25, 0.3) is 0 Å². The Kier molecular flexibility index (Phi) is 4.85. The Morgan fingerprint density at radius 3 is 2.90 bits per heavy atom. The van der Waals surface area contributed by atoms with Crippen molar-refractivity contribution in [3.63, 3.8) is 0 Å². The van der Waals surface area contributed by atoms with Gasteiger partial charge in [-0.05, 0) is 19.1 Å². The predicted molar refractivity (Wildman–Crippen MR) is 77.1 cm³/mol.